The van der Waals surface area contributed by atoms with Gasteiger partial charge in [0.05, 0.1) is 4.88 Å². The number of hydrogen-bond acceptors (Lipinski definition) is 4. The molecule has 3 nitrogen and oxygen atoms in total. The molecule has 0 amide bonds. The van der Waals surface area contributed by atoms with Gasteiger partial charge >= 0.3 is 0 Å². The minimum atomic E-state index is 0.634. The summed E-state index contributed by atoms with van der Waals surface area (Å²) >= 11 is 1.75. The Kier molecular flexibility index (Phi) is 3.85. The Balaban J connectivity index is 1.85. The van der Waals surface area contributed by atoms with Crippen LogP contribution in [-0.2, 0) is 6.54 Å². The van der Waals surface area contributed by atoms with Crippen molar-refractivity contribution in [1.29, 1.82) is 0 Å². The fourth-order valence-corrected chi connectivity index (χ4v) is 3.24. The molecular weight excluding hydrogens is 268 g/mol. The van der Waals surface area contributed by atoms with E-state index in [4.69, 9.17) is 4.42 Å². The van der Waals surface area contributed by atoms with E-state index in [-0.39, 0.29) is 0 Å². The van der Waals surface area contributed by atoms with E-state index in [1.807, 2.05) is 0 Å². The lowest BCUT2D eigenvalue weighted by molar-refractivity contribution is 0.545. The highest BCUT2D eigenvalue weighted by molar-refractivity contribution is 7.22. The van der Waals surface area contributed by atoms with Crippen LogP contribution in [0.15, 0.2) is 41.1 Å². The number of thiophene rings is 1. The van der Waals surface area contributed by atoms with Crippen molar-refractivity contribution >= 4 is 21.4 Å². The third-order valence-corrected chi connectivity index (χ3v) is 4.25. The lowest BCUT2D eigenvalue weighted by Crippen LogP contribution is -2.19. The Morgan fingerprint density at radius 1 is 1.30 bits per heavy atom. The molecule has 0 atom stereocenters. The van der Waals surface area contributed by atoms with Crippen molar-refractivity contribution in [1.82, 2.24) is 10.3 Å². The molecule has 0 fully saturated rings. The molecule has 1 N–H and O–H groups in total. The second-order valence-corrected chi connectivity index (χ2v) is 6.39. The molecule has 20 heavy (non-hydrogen) atoms. The number of benzene rings is 1. The lowest BCUT2D eigenvalue weighted by Gasteiger charge is -2.05. The Morgan fingerprint density at radius 3 is 2.95 bits per heavy atom. The molecule has 3 aromatic rings. The number of nitrogens with one attached hydrogen (secondary N) is 1. The molecule has 2 aromatic heterocycles. The van der Waals surface area contributed by atoms with Crippen molar-refractivity contribution in [2.24, 2.45) is 5.92 Å². The van der Waals surface area contributed by atoms with Crippen LogP contribution >= 0.6 is 11.3 Å². The Labute approximate surface area is 122 Å². The zero-order valence-electron chi connectivity index (χ0n) is 11.7. The summed E-state index contributed by atoms with van der Waals surface area (Å²) in [6.07, 6.45) is 1.53. The van der Waals surface area contributed by atoms with E-state index in [1.54, 1.807) is 11.3 Å². The summed E-state index contributed by atoms with van der Waals surface area (Å²) < 4.78 is 6.87. The van der Waals surface area contributed by atoms with Crippen molar-refractivity contribution in [2.75, 3.05) is 6.54 Å². The number of oxazole rings is 1. The maximum atomic E-state index is 5.60. The molecule has 104 valence electrons. The van der Waals surface area contributed by atoms with E-state index >= 15 is 0 Å². The van der Waals surface area contributed by atoms with Crippen molar-refractivity contribution < 1.29 is 4.42 Å². The first-order chi connectivity index (χ1) is 9.74. The molecule has 0 bridgehead atoms. The third kappa shape index (κ3) is 2.76. The third-order valence-electron chi connectivity index (χ3n) is 3.14. The molecule has 1 aromatic carbocycles. The van der Waals surface area contributed by atoms with E-state index in [0.29, 0.717) is 5.92 Å². The van der Waals surface area contributed by atoms with Crippen molar-refractivity contribution in [2.45, 2.75) is 20.4 Å². The van der Waals surface area contributed by atoms with Gasteiger partial charge in [0.25, 0.3) is 0 Å². The van der Waals surface area contributed by atoms with Crippen molar-refractivity contribution in [3.05, 3.63) is 42.4 Å². The molecule has 0 saturated heterocycles. The summed E-state index contributed by atoms with van der Waals surface area (Å²) in [6, 6.07) is 10.6. The van der Waals surface area contributed by atoms with E-state index < -0.39 is 0 Å². The zero-order chi connectivity index (χ0) is 13.9. The summed E-state index contributed by atoms with van der Waals surface area (Å²) in [7, 11) is 0. The highest BCUT2D eigenvalue weighted by Gasteiger charge is 2.13. The quantitative estimate of drug-likeness (QED) is 0.760. The minimum Gasteiger partial charge on any atom is -0.442 e. The SMILES string of the molecule is CC(C)CNCc1ncoc1-c1cc2ccccc2s1. The largest absolute Gasteiger partial charge is 0.442 e. The molecule has 2 heterocycles. The van der Waals surface area contributed by atoms with E-state index in [2.05, 4.69) is 54.5 Å². The topological polar surface area (TPSA) is 38.1 Å². The van der Waals surface area contributed by atoms with E-state index in [9.17, 15) is 0 Å². The Hall–Kier alpha value is -1.65. The number of nitrogens with zero attached hydrogens (tertiary/aromatic N) is 1. The molecule has 0 saturated carbocycles. The summed E-state index contributed by atoms with van der Waals surface area (Å²) in [4.78, 5) is 5.48. The minimum absolute atomic E-state index is 0.634. The first kappa shape index (κ1) is 13.3. The molecule has 0 unspecified atom stereocenters. The normalized spacial score (nSPS) is 11.6. The maximum Gasteiger partial charge on any atom is 0.181 e. The fraction of sp³-hybridized carbons (Fsp3) is 0.312. The summed E-state index contributed by atoms with van der Waals surface area (Å²) in [6.45, 7) is 6.13. The number of aromatic nitrogens is 1. The standard InChI is InChI=1S/C16H18N2OS/c1-11(2)8-17-9-13-16(19-10-18-13)15-7-12-5-3-4-6-14(12)20-15/h3-7,10-11,17H,8-9H2,1-2H3. The van der Waals surface area contributed by atoms with Gasteiger partial charge in [-0.15, -0.1) is 11.3 Å². The predicted molar refractivity (Wildman–Crippen MR) is 83.9 cm³/mol. The second kappa shape index (κ2) is 5.77. The van der Waals surface area contributed by atoms with Gasteiger partial charge in [-0.3, -0.25) is 0 Å². The van der Waals surface area contributed by atoms with Crippen LogP contribution in [0.2, 0.25) is 0 Å². The monoisotopic (exact) mass is 286 g/mol. The average Bonchev–Trinajstić information content (AvgIpc) is 3.03. The van der Waals surface area contributed by atoms with Crippen LogP contribution in [0.1, 0.15) is 19.5 Å². The van der Waals surface area contributed by atoms with Gasteiger partial charge in [-0.25, -0.2) is 4.98 Å². The van der Waals surface area contributed by atoms with Gasteiger partial charge in [0.2, 0.25) is 0 Å². The first-order valence-corrected chi connectivity index (χ1v) is 7.67. The van der Waals surface area contributed by atoms with Crippen LogP contribution in [0.25, 0.3) is 20.7 Å². The molecule has 3 rings (SSSR count). The van der Waals surface area contributed by atoms with Crippen molar-refractivity contribution in [3.63, 3.8) is 0 Å². The maximum absolute atomic E-state index is 5.60. The summed E-state index contributed by atoms with van der Waals surface area (Å²) in [5.74, 6) is 1.53. The van der Waals surface area contributed by atoms with Crippen LogP contribution in [0, 0.1) is 5.92 Å². The number of fused-ring (bicyclic) bond motifs is 1. The van der Waals surface area contributed by atoms with Gasteiger partial charge in [0.15, 0.2) is 12.2 Å². The Morgan fingerprint density at radius 2 is 2.15 bits per heavy atom. The van der Waals surface area contributed by atoms with Crippen LogP contribution in [-0.4, -0.2) is 11.5 Å². The van der Waals surface area contributed by atoms with E-state index in [1.165, 1.54) is 16.5 Å². The molecule has 0 aliphatic heterocycles. The van der Waals surface area contributed by atoms with Gasteiger partial charge in [0.1, 0.15) is 5.69 Å². The Bertz CT molecular complexity index is 666. The van der Waals surface area contributed by atoms with Gasteiger partial charge in [-0.2, -0.15) is 0 Å². The van der Waals surface area contributed by atoms with Gasteiger partial charge < -0.3 is 9.73 Å². The molecule has 0 radical (unpaired) electrons. The fourth-order valence-electron chi connectivity index (χ4n) is 2.17. The molecular formula is C16H18N2OS. The smallest absolute Gasteiger partial charge is 0.181 e. The van der Waals surface area contributed by atoms with Gasteiger partial charge in [0, 0.05) is 11.2 Å². The molecule has 4 heteroatoms. The molecule has 0 aliphatic carbocycles. The molecule has 0 aliphatic rings. The van der Waals surface area contributed by atoms with Crippen molar-refractivity contribution in [3.8, 4) is 10.6 Å². The van der Waals surface area contributed by atoms with Crippen LogP contribution < -0.4 is 5.32 Å². The number of hydrogen-bond donors (Lipinski definition) is 1. The second-order valence-electron chi connectivity index (χ2n) is 5.30. The van der Waals surface area contributed by atoms with Gasteiger partial charge in [-0.05, 0) is 30.0 Å². The summed E-state index contributed by atoms with van der Waals surface area (Å²) in [5, 5.41) is 4.67. The van der Waals surface area contributed by atoms with Crippen LogP contribution in [0.4, 0.5) is 0 Å². The van der Waals surface area contributed by atoms with E-state index in [0.717, 1.165) is 29.4 Å². The highest BCUT2D eigenvalue weighted by atomic mass is 32.1. The number of rotatable bonds is 5. The molecule has 0 spiro atoms. The lowest BCUT2D eigenvalue weighted by atomic mass is 10.2. The first-order valence-electron chi connectivity index (χ1n) is 6.86. The summed E-state index contributed by atoms with van der Waals surface area (Å²) in [5.41, 5.74) is 0.984. The predicted octanol–water partition coefficient (Wildman–Crippen LogP) is 4.30. The average molecular weight is 286 g/mol. The van der Waals surface area contributed by atoms with Crippen LogP contribution in [0.5, 0.6) is 0 Å². The van der Waals surface area contributed by atoms with Gasteiger partial charge in [-0.1, -0.05) is 32.0 Å². The van der Waals surface area contributed by atoms with Crippen LogP contribution in [0.3, 0.4) is 0 Å². The highest BCUT2D eigenvalue weighted by Crippen LogP contribution is 2.34. The zero-order valence-corrected chi connectivity index (χ0v) is 12.5.